The summed E-state index contributed by atoms with van der Waals surface area (Å²) in [5, 5.41) is 3.34. The van der Waals surface area contributed by atoms with Crippen LogP contribution in [0.2, 0.25) is 5.15 Å². The van der Waals surface area contributed by atoms with Crippen LogP contribution in [0.25, 0.3) is 0 Å². The number of nitrogens with zero attached hydrogens (tertiary/aromatic N) is 1. The van der Waals surface area contributed by atoms with Crippen LogP contribution in [-0.4, -0.2) is 10.9 Å². The molecule has 3 nitrogen and oxygen atoms in total. The Labute approximate surface area is 112 Å². The molecule has 2 saturated carbocycles. The van der Waals surface area contributed by atoms with Crippen LogP contribution in [0.4, 0.5) is 5.69 Å². The largest absolute Gasteiger partial charge is 0.325 e. The van der Waals surface area contributed by atoms with Gasteiger partial charge in [-0.2, -0.15) is 0 Å². The molecule has 3 rings (SSSR count). The van der Waals surface area contributed by atoms with Crippen LogP contribution in [0.15, 0.2) is 18.3 Å². The number of nitrogens with one attached hydrogen (secondary N) is 1. The molecule has 1 amide bonds. The SMILES string of the molecule is O=C(CC1CC2CCC1C2)Nc1ccc(Cl)nc1. The van der Waals surface area contributed by atoms with Crippen LogP contribution in [0.1, 0.15) is 32.1 Å². The first kappa shape index (κ1) is 12.0. The quantitative estimate of drug-likeness (QED) is 0.849. The molecule has 2 fully saturated rings. The van der Waals surface area contributed by atoms with E-state index in [-0.39, 0.29) is 5.91 Å². The van der Waals surface area contributed by atoms with E-state index >= 15 is 0 Å². The summed E-state index contributed by atoms with van der Waals surface area (Å²) in [5.41, 5.74) is 0.729. The molecule has 2 aliphatic rings. The first-order valence-electron chi connectivity index (χ1n) is 6.62. The third kappa shape index (κ3) is 2.51. The molecule has 4 heteroatoms. The van der Waals surface area contributed by atoms with Crippen LogP contribution in [-0.2, 0) is 4.79 Å². The van der Waals surface area contributed by atoms with Gasteiger partial charge in [-0.1, -0.05) is 18.0 Å². The van der Waals surface area contributed by atoms with E-state index < -0.39 is 0 Å². The highest BCUT2D eigenvalue weighted by molar-refractivity contribution is 6.29. The lowest BCUT2D eigenvalue weighted by Gasteiger charge is -2.20. The molecule has 3 atom stereocenters. The van der Waals surface area contributed by atoms with Crippen LogP contribution < -0.4 is 5.32 Å². The van der Waals surface area contributed by atoms with Crippen LogP contribution in [0.3, 0.4) is 0 Å². The van der Waals surface area contributed by atoms with E-state index in [9.17, 15) is 4.79 Å². The van der Waals surface area contributed by atoms with Crippen molar-refractivity contribution in [3.05, 3.63) is 23.5 Å². The lowest BCUT2D eigenvalue weighted by molar-refractivity contribution is -0.117. The second-order valence-corrected chi connectivity index (χ2v) is 5.94. The van der Waals surface area contributed by atoms with Gasteiger partial charge in [0.25, 0.3) is 0 Å². The molecule has 2 aliphatic carbocycles. The van der Waals surface area contributed by atoms with Gasteiger partial charge in [0.15, 0.2) is 0 Å². The maximum absolute atomic E-state index is 12.0. The summed E-state index contributed by atoms with van der Waals surface area (Å²) in [6.45, 7) is 0. The average Bonchev–Trinajstić information content (AvgIpc) is 2.94. The number of hydrogen-bond donors (Lipinski definition) is 1. The molecule has 0 aromatic carbocycles. The minimum Gasteiger partial charge on any atom is -0.325 e. The van der Waals surface area contributed by atoms with Gasteiger partial charge in [0.2, 0.25) is 5.91 Å². The molecular formula is C14H17ClN2O. The standard InChI is InChI=1S/C14H17ClN2O/c15-13-4-3-12(8-16-13)17-14(18)7-11-6-9-1-2-10(11)5-9/h3-4,8-11H,1-2,5-7H2,(H,17,18). The zero-order valence-corrected chi connectivity index (χ0v) is 11.0. The maximum atomic E-state index is 12.0. The van der Waals surface area contributed by atoms with Gasteiger partial charge in [0, 0.05) is 6.42 Å². The number of anilines is 1. The monoisotopic (exact) mass is 264 g/mol. The van der Waals surface area contributed by atoms with Crippen molar-refractivity contribution in [1.29, 1.82) is 0 Å². The highest BCUT2D eigenvalue weighted by Crippen LogP contribution is 2.49. The normalized spacial score (nSPS) is 29.5. The summed E-state index contributed by atoms with van der Waals surface area (Å²) >= 11 is 5.70. The smallest absolute Gasteiger partial charge is 0.224 e. The van der Waals surface area contributed by atoms with Gasteiger partial charge >= 0.3 is 0 Å². The maximum Gasteiger partial charge on any atom is 0.224 e. The summed E-state index contributed by atoms with van der Waals surface area (Å²) in [5.74, 6) is 2.40. The topological polar surface area (TPSA) is 42.0 Å². The van der Waals surface area contributed by atoms with Gasteiger partial charge in [-0.05, 0) is 49.1 Å². The van der Waals surface area contributed by atoms with Crippen molar-refractivity contribution in [2.45, 2.75) is 32.1 Å². The first-order chi connectivity index (χ1) is 8.70. The van der Waals surface area contributed by atoms with Gasteiger partial charge < -0.3 is 5.32 Å². The molecular weight excluding hydrogens is 248 g/mol. The van der Waals surface area contributed by atoms with Crippen LogP contribution in [0.5, 0.6) is 0 Å². The number of fused-ring (bicyclic) bond motifs is 2. The second kappa shape index (κ2) is 4.88. The predicted octanol–water partition coefficient (Wildman–Crippen LogP) is 3.50. The molecule has 0 saturated heterocycles. The molecule has 3 unspecified atom stereocenters. The molecule has 1 aromatic rings. The molecule has 18 heavy (non-hydrogen) atoms. The Morgan fingerprint density at radius 1 is 1.39 bits per heavy atom. The highest BCUT2D eigenvalue weighted by atomic mass is 35.5. The van der Waals surface area contributed by atoms with Crippen LogP contribution in [0, 0.1) is 17.8 Å². The fraction of sp³-hybridized carbons (Fsp3) is 0.571. The summed E-state index contributed by atoms with van der Waals surface area (Å²) in [7, 11) is 0. The average molecular weight is 265 g/mol. The molecule has 0 aliphatic heterocycles. The lowest BCUT2D eigenvalue weighted by atomic mass is 9.86. The van der Waals surface area contributed by atoms with Gasteiger partial charge in [0.05, 0.1) is 11.9 Å². The Morgan fingerprint density at radius 2 is 2.28 bits per heavy atom. The van der Waals surface area contributed by atoms with Crippen molar-refractivity contribution in [3.63, 3.8) is 0 Å². The number of halogens is 1. The predicted molar refractivity (Wildman–Crippen MR) is 71.4 cm³/mol. The van der Waals surface area contributed by atoms with Crippen molar-refractivity contribution in [2.75, 3.05) is 5.32 Å². The summed E-state index contributed by atoms with van der Waals surface area (Å²) < 4.78 is 0. The third-order valence-electron chi connectivity index (χ3n) is 4.34. The van der Waals surface area contributed by atoms with E-state index in [0.717, 1.165) is 17.5 Å². The summed E-state index contributed by atoms with van der Waals surface area (Å²) in [6, 6.07) is 3.47. The summed E-state index contributed by atoms with van der Waals surface area (Å²) in [4.78, 5) is 15.9. The molecule has 96 valence electrons. The number of amides is 1. The van der Waals surface area contributed by atoms with Gasteiger partial charge in [-0.15, -0.1) is 0 Å². The number of pyridine rings is 1. The van der Waals surface area contributed by atoms with E-state index in [1.54, 1.807) is 18.3 Å². The zero-order valence-electron chi connectivity index (χ0n) is 10.2. The fourth-order valence-corrected chi connectivity index (χ4v) is 3.64. The molecule has 1 aromatic heterocycles. The molecule has 2 bridgehead atoms. The number of carbonyl (C=O) groups excluding carboxylic acids is 1. The van der Waals surface area contributed by atoms with E-state index in [0.29, 0.717) is 17.5 Å². The van der Waals surface area contributed by atoms with Gasteiger partial charge in [0.1, 0.15) is 5.15 Å². The highest BCUT2D eigenvalue weighted by Gasteiger charge is 2.40. The third-order valence-corrected chi connectivity index (χ3v) is 4.57. The Kier molecular flexibility index (Phi) is 3.25. The fourth-order valence-electron chi connectivity index (χ4n) is 3.53. The van der Waals surface area contributed by atoms with E-state index in [4.69, 9.17) is 11.6 Å². The Hall–Kier alpha value is -1.09. The Morgan fingerprint density at radius 3 is 2.89 bits per heavy atom. The minimum absolute atomic E-state index is 0.108. The Bertz CT molecular complexity index is 446. The molecule has 0 spiro atoms. The second-order valence-electron chi connectivity index (χ2n) is 5.56. The van der Waals surface area contributed by atoms with Crippen molar-refractivity contribution >= 4 is 23.2 Å². The Balaban J connectivity index is 1.54. The van der Waals surface area contributed by atoms with E-state index in [1.807, 2.05) is 0 Å². The van der Waals surface area contributed by atoms with Crippen molar-refractivity contribution in [2.24, 2.45) is 17.8 Å². The number of aromatic nitrogens is 1. The van der Waals surface area contributed by atoms with E-state index in [2.05, 4.69) is 10.3 Å². The zero-order chi connectivity index (χ0) is 12.5. The number of hydrogen-bond acceptors (Lipinski definition) is 2. The van der Waals surface area contributed by atoms with Gasteiger partial charge in [-0.3, -0.25) is 4.79 Å². The summed E-state index contributed by atoms with van der Waals surface area (Å²) in [6.07, 6.45) is 7.55. The van der Waals surface area contributed by atoms with Crippen molar-refractivity contribution in [1.82, 2.24) is 4.98 Å². The molecule has 1 N–H and O–H groups in total. The molecule has 0 radical (unpaired) electrons. The first-order valence-corrected chi connectivity index (χ1v) is 7.00. The van der Waals surface area contributed by atoms with Gasteiger partial charge in [-0.25, -0.2) is 4.98 Å². The minimum atomic E-state index is 0.108. The van der Waals surface area contributed by atoms with Crippen LogP contribution >= 0.6 is 11.6 Å². The number of rotatable bonds is 3. The van der Waals surface area contributed by atoms with Crippen molar-refractivity contribution < 1.29 is 4.79 Å². The molecule has 1 heterocycles. The number of carbonyl (C=O) groups is 1. The van der Waals surface area contributed by atoms with E-state index in [1.165, 1.54) is 25.7 Å². The lowest BCUT2D eigenvalue weighted by Crippen LogP contribution is -2.20. The van der Waals surface area contributed by atoms with Crippen molar-refractivity contribution in [3.8, 4) is 0 Å².